The molecule has 9 heteroatoms. The van der Waals surface area contributed by atoms with E-state index in [4.69, 9.17) is 4.74 Å². The van der Waals surface area contributed by atoms with Gasteiger partial charge >= 0.3 is 0 Å². The zero-order chi connectivity index (χ0) is 21.3. The van der Waals surface area contributed by atoms with Crippen molar-refractivity contribution in [3.8, 4) is 5.75 Å². The first-order valence-electron chi connectivity index (χ1n) is 9.32. The van der Waals surface area contributed by atoms with Crippen molar-refractivity contribution < 1.29 is 14.3 Å². The molecule has 0 aliphatic carbocycles. The molecule has 3 rings (SSSR count). The van der Waals surface area contributed by atoms with Crippen LogP contribution in [-0.4, -0.2) is 35.5 Å². The van der Waals surface area contributed by atoms with Crippen molar-refractivity contribution in [1.82, 2.24) is 10.3 Å². The highest BCUT2D eigenvalue weighted by atomic mass is 32.2. The molecule has 2 N–H and O–H groups in total. The summed E-state index contributed by atoms with van der Waals surface area (Å²) in [6.07, 6.45) is 0.394. The molecule has 0 saturated carbocycles. The number of thioether (sulfide) groups is 2. The fourth-order valence-corrected chi connectivity index (χ4v) is 5.50. The average Bonchev–Trinajstić information content (AvgIpc) is 3.14. The SMILES string of the molecule is COc1ccccc1CSc1nc2ccc(NC(=O)CCSCNC(C)=O)cc2s1. The molecular formula is C21H23N3O3S3. The second kappa shape index (κ2) is 11.2. The number of para-hydroxylation sites is 1. The van der Waals surface area contributed by atoms with Crippen LogP contribution in [0.15, 0.2) is 46.8 Å². The van der Waals surface area contributed by atoms with Gasteiger partial charge in [-0.25, -0.2) is 4.98 Å². The molecule has 3 aromatic rings. The molecule has 6 nitrogen and oxygen atoms in total. The Kier molecular flexibility index (Phi) is 8.41. The van der Waals surface area contributed by atoms with Crippen LogP contribution in [0.5, 0.6) is 5.75 Å². The highest BCUT2D eigenvalue weighted by molar-refractivity contribution is 8.00. The number of carbonyl (C=O) groups is 2. The topological polar surface area (TPSA) is 80.3 Å². The number of methoxy groups -OCH3 is 1. The number of nitrogens with one attached hydrogen (secondary N) is 2. The zero-order valence-electron chi connectivity index (χ0n) is 16.8. The molecule has 0 fully saturated rings. The van der Waals surface area contributed by atoms with E-state index in [0.717, 1.165) is 37.3 Å². The van der Waals surface area contributed by atoms with Gasteiger partial charge < -0.3 is 15.4 Å². The van der Waals surface area contributed by atoms with Gasteiger partial charge in [-0.2, -0.15) is 0 Å². The monoisotopic (exact) mass is 461 g/mol. The second-order valence-electron chi connectivity index (χ2n) is 6.35. The van der Waals surface area contributed by atoms with E-state index in [-0.39, 0.29) is 11.8 Å². The fourth-order valence-electron chi connectivity index (χ4n) is 2.62. The third kappa shape index (κ3) is 6.65. The Morgan fingerprint density at radius 2 is 2.03 bits per heavy atom. The van der Waals surface area contributed by atoms with E-state index in [1.54, 1.807) is 30.2 Å². The number of hydrogen-bond donors (Lipinski definition) is 2. The maximum atomic E-state index is 12.1. The summed E-state index contributed by atoms with van der Waals surface area (Å²) in [4.78, 5) is 27.6. The number of carbonyl (C=O) groups excluding carboxylic acids is 2. The molecule has 1 aromatic heterocycles. The number of hydrogen-bond acceptors (Lipinski definition) is 7. The van der Waals surface area contributed by atoms with Gasteiger partial charge in [0.1, 0.15) is 5.75 Å². The van der Waals surface area contributed by atoms with Gasteiger partial charge in [-0.3, -0.25) is 9.59 Å². The highest BCUT2D eigenvalue weighted by Gasteiger charge is 2.09. The van der Waals surface area contributed by atoms with Crippen molar-refractivity contribution in [2.24, 2.45) is 0 Å². The molecule has 0 aliphatic rings. The summed E-state index contributed by atoms with van der Waals surface area (Å²) in [5, 5.41) is 5.63. The summed E-state index contributed by atoms with van der Waals surface area (Å²) in [7, 11) is 1.68. The van der Waals surface area contributed by atoms with Crippen molar-refractivity contribution in [3.63, 3.8) is 0 Å². The van der Waals surface area contributed by atoms with Crippen LogP contribution in [0.1, 0.15) is 18.9 Å². The lowest BCUT2D eigenvalue weighted by atomic mass is 10.2. The molecule has 2 amide bonds. The van der Waals surface area contributed by atoms with Crippen molar-refractivity contribution in [1.29, 1.82) is 0 Å². The van der Waals surface area contributed by atoms with Crippen LogP contribution in [-0.2, 0) is 15.3 Å². The van der Waals surface area contributed by atoms with Crippen LogP contribution < -0.4 is 15.4 Å². The van der Waals surface area contributed by atoms with Gasteiger partial charge in [0, 0.05) is 36.1 Å². The van der Waals surface area contributed by atoms with Gasteiger partial charge in [-0.05, 0) is 24.3 Å². The Morgan fingerprint density at radius 1 is 1.20 bits per heavy atom. The van der Waals surface area contributed by atoms with E-state index in [2.05, 4.69) is 21.7 Å². The van der Waals surface area contributed by atoms with Crippen LogP contribution in [0.4, 0.5) is 5.69 Å². The maximum Gasteiger partial charge on any atom is 0.225 e. The first-order valence-corrected chi connectivity index (χ1v) is 12.3. The molecule has 0 aliphatic heterocycles. The zero-order valence-corrected chi connectivity index (χ0v) is 19.2. The summed E-state index contributed by atoms with van der Waals surface area (Å²) in [5.74, 6) is 2.73. The minimum absolute atomic E-state index is 0.0417. The molecule has 0 radical (unpaired) electrons. The van der Waals surface area contributed by atoms with Crippen LogP contribution >= 0.6 is 34.9 Å². The largest absolute Gasteiger partial charge is 0.496 e. The van der Waals surface area contributed by atoms with Crippen LogP contribution in [0.2, 0.25) is 0 Å². The lowest BCUT2D eigenvalue weighted by Gasteiger charge is -2.06. The molecule has 0 saturated heterocycles. The van der Waals surface area contributed by atoms with Gasteiger partial charge in [0.2, 0.25) is 11.8 Å². The van der Waals surface area contributed by atoms with Gasteiger partial charge in [-0.1, -0.05) is 30.0 Å². The Balaban J connectivity index is 1.54. The predicted octanol–water partition coefficient (Wildman–Crippen LogP) is 4.75. The Bertz CT molecular complexity index is 1020. The van der Waals surface area contributed by atoms with Gasteiger partial charge in [-0.15, -0.1) is 23.1 Å². The van der Waals surface area contributed by atoms with Crippen LogP contribution in [0, 0.1) is 0 Å². The third-order valence-corrected chi connectivity index (χ3v) is 7.14. The van der Waals surface area contributed by atoms with Gasteiger partial charge in [0.25, 0.3) is 0 Å². The number of nitrogens with zero attached hydrogens (tertiary/aromatic N) is 1. The molecule has 0 atom stereocenters. The van der Waals surface area contributed by atoms with Crippen LogP contribution in [0.25, 0.3) is 10.2 Å². The minimum atomic E-state index is -0.0646. The summed E-state index contributed by atoms with van der Waals surface area (Å²) < 4.78 is 7.42. The number of amides is 2. The number of anilines is 1. The fraction of sp³-hybridized carbons (Fsp3) is 0.286. The molecule has 30 heavy (non-hydrogen) atoms. The normalized spacial score (nSPS) is 10.7. The summed E-state index contributed by atoms with van der Waals surface area (Å²) >= 11 is 4.81. The summed E-state index contributed by atoms with van der Waals surface area (Å²) in [5.41, 5.74) is 2.82. The Labute approximate surface area is 188 Å². The van der Waals surface area contributed by atoms with E-state index < -0.39 is 0 Å². The number of benzene rings is 2. The Hall–Kier alpha value is -2.23. The summed E-state index contributed by atoms with van der Waals surface area (Å²) in [6.45, 7) is 1.48. The van der Waals surface area contributed by atoms with Crippen molar-refractivity contribution in [2.75, 3.05) is 24.1 Å². The number of ether oxygens (including phenoxy) is 1. The van der Waals surface area contributed by atoms with E-state index in [1.807, 2.05) is 36.4 Å². The lowest BCUT2D eigenvalue weighted by molar-refractivity contribution is -0.118. The van der Waals surface area contributed by atoms with Gasteiger partial charge in [0.05, 0.1) is 23.2 Å². The van der Waals surface area contributed by atoms with Crippen LogP contribution in [0.3, 0.4) is 0 Å². The van der Waals surface area contributed by atoms with Crippen molar-refractivity contribution >= 4 is 62.6 Å². The van der Waals surface area contributed by atoms with Crippen molar-refractivity contribution in [3.05, 3.63) is 48.0 Å². The number of thiazole rings is 1. The first kappa shape index (κ1) is 22.5. The third-order valence-electron chi connectivity index (χ3n) is 4.09. The minimum Gasteiger partial charge on any atom is -0.496 e. The quantitative estimate of drug-likeness (QED) is 0.258. The van der Waals surface area contributed by atoms with E-state index >= 15 is 0 Å². The predicted molar refractivity (Wildman–Crippen MR) is 127 cm³/mol. The average molecular weight is 462 g/mol. The van der Waals surface area contributed by atoms with Gasteiger partial charge in [0.15, 0.2) is 4.34 Å². The van der Waals surface area contributed by atoms with E-state index in [1.165, 1.54) is 18.7 Å². The van der Waals surface area contributed by atoms with E-state index in [9.17, 15) is 9.59 Å². The first-order chi connectivity index (χ1) is 14.5. The molecule has 0 unspecified atom stereocenters. The number of aromatic nitrogens is 1. The Morgan fingerprint density at radius 3 is 2.83 bits per heavy atom. The molecule has 158 valence electrons. The lowest BCUT2D eigenvalue weighted by Crippen LogP contribution is -2.19. The second-order valence-corrected chi connectivity index (χ2v) is 9.70. The molecule has 1 heterocycles. The highest BCUT2D eigenvalue weighted by Crippen LogP contribution is 2.34. The van der Waals surface area contributed by atoms with Crippen molar-refractivity contribution in [2.45, 2.75) is 23.4 Å². The molecule has 0 spiro atoms. The molecular weight excluding hydrogens is 438 g/mol. The number of fused-ring (bicyclic) bond motifs is 1. The smallest absolute Gasteiger partial charge is 0.225 e. The van der Waals surface area contributed by atoms with E-state index in [0.29, 0.717) is 18.1 Å². The number of rotatable bonds is 10. The molecule has 0 bridgehead atoms. The summed E-state index contributed by atoms with van der Waals surface area (Å²) in [6, 6.07) is 13.7. The standard InChI is InChI=1S/C21H23N3O3S3/c1-14(25)22-13-28-10-9-20(26)23-16-7-8-17-19(11-16)30-21(24-17)29-12-15-5-3-4-6-18(15)27-2/h3-8,11H,9-10,12-13H2,1-2H3,(H,22,25)(H,23,26). The molecule has 2 aromatic carbocycles. The maximum absolute atomic E-state index is 12.1.